The molecule has 6 nitrogen and oxygen atoms in total. The Hall–Kier alpha value is -2.34. The maximum Gasteiger partial charge on any atom is 0.337 e. The van der Waals surface area contributed by atoms with Crippen LogP contribution in [0.15, 0.2) is 29.5 Å². The number of aryl methyl sites for hydroxylation is 2. The van der Waals surface area contributed by atoms with E-state index in [1.54, 1.807) is 6.92 Å². The molecule has 1 atom stereocenters. The van der Waals surface area contributed by atoms with E-state index in [2.05, 4.69) is 47.6 Å². The van der Waals surface area contributed by atoms with Gasteiger partial charge < -0.3 is 15.4 Å². The van der Waals surface area contributed by atoms with E-state index < -0.39 is 0 Å². The van der Waals surface area contributed by atoms with Crippen LogP contribution in [0.3, 0.4) is 0 Å². The average Bonchev–Trinajstić information content (AvgIpc) is 2.56. The summed E-state index contributed by atoms with van der Waals surface area (Å²) in [7, 11) is 1.98. The molecule has 0 fully saturated rings. The fraction of sp³-hybridized carbons (Fsp3) is 0.500. The fourth-order valence-corrected chi connectivity index (χ4v) is 3.23. The van der Waals surface area contributed by atoms with E-state index in [1.165, 1.54) is 16.7 Å². The number of nitrogens with one attached hydrogen (secondary N) is 2. The summed E-state index contributed by atoms with van der Waals surface area (Å²) in [5, 5.41) is 5.59. The van der Waals surface area contributed by atoms with Crippen LogP contribution < -0.4 is 10.6 Å². The van der Waals surface area contributed by atoms with E-state index in [0.717, 1.165) is 6.54 Å². The number of rotatable bonds is 7. The third kappa shape index (κ3) is 4.85. The van der Waals surface area contributed by atoms with E-state index in [9.17, 15) is 9.59 Å². The minimum atomic E-state index is -0.373. The van der Waals surface area contributed by atoms with Gasteiger partial charge in [-0.2, -0.15) is 0 Å². The number of benzene rings is 1. The molecule has 1 heterocycles. The Morgan fingerprint density at radius 2 is 1.96 bits per heavy atom. The van der Waals surface area contributed by atoms with Crippen LogP contribution >= 0.6 is 0 Å². The monoisotopic (exact) mass is 359 g/mol. The molecule has 0 unspecified atom stereocenters. The van der Waals surface area contributed by atoms with Crippen molar-refractivity contribution in [2.24, 2.45) is 0 Å². The molecule has 0 aliphatic carbocycles. The molecule has 0 radical (unpaired) electrons. The first-order chi connectivity index (χ1) is 12.3. The second kappa shape index (κ2) is 8.85. The molecule has 142 valence electrons. The van der Waals surface area contributed by atoms with E-state index >= 15 is 0 Å². The predicted molar refractivity (Wildman–Crippen MR) is 102 cm³/mol. The first-order valence-corrected chi connectivity index (χ1v) is 9.08. The summed E-state index contributed by atoms with van der Waals surface area (Å²) in [6, 6.07) is 5.77. The fourth-order valence-electron chi connectivity index (χ4n) is 3.23. The van der Waals surface area contributed by atoms with Crippen LogP contribution in [0.25, 0.3) is 0 Å². The van der Waals surface area contributed by atoms with E-state index in [-0.39, 0.29) is 18.0 Å². The van der Waals surface area contributed by atoms with Crippen molar-refractivity contribution in [3.05, 3.63) is 46.2 Å². The van der Waals surface area contributed by atoms with Crippen molar-refractivity contribution in [1.82, 2.24) is 15.5 Å². The molecule has 1 aliphatic heterocycles. The number of nitrogens with zero attached hydrogens (tertiary/aromatic N) is 1. The second-order valence-corrected chi connectivity index (χ2v) is 6.77. The zero-order valence-corrected chi connectivity index (χ0v) is 16.3. The van der Waals surface area contributed by atoms with Crippen LogP contribution in [0.1, 0.15) is 37.0 Å². The number of ether oxygens (including phenoxy) is 1. The van der Waals surface area contributed by atoms with Gasteiger partial charge in [-0.05, 0) is 45.4 Å². The summed E-state index contributed by atoms with van der Waals surface area (Å²) in [5.41, 5.74) is 4.83. The molecule has 6 heteroatoms. The summed E-state index contributed by atoms with van der Waals surface area (Å²) in [4.78, 5) is 26.5. The maximum absolute atomic E-state index is 12.4. The molecule has 0 aromatic heterocycles. The lowest BCUT2D eigenvalue weighted by Crippen LogP contribution is -2.51. The van der Waals surface area contributed by atoms with Gasteiger partial charge in [0.2, 0.25) is 0 Å². The second-order valence-electron chi connectivity index (χ2n) is 6.77. The molecular formula is C20H29N3O3. The first-order valence-electron chi connectivity index (χ1n) is 9.08. The van der Waals surface area contributed by atoms with Crippen molar-refractivity contribution < 1.29 is 14.3 Å². The molecule has 0 saturated carbocycles. The highest BCUT2D eigenvalue weighted by atomic mass is 16.5. The van der Waals surface area contributed by atoms with Gasteiger partial charge in [0.15, 0.2) is 0 Å². The Kier molecular flexibility index (Phi) is 6.80. The molecule has 2 N–H and O–H groups in total. The van der Waals surface area contributed by atoms with Crippen molar-refractivity contribution in [3.63, 3.8) is 0 Å². The highest BCUT2D eigenvalue weighted by Gasteiger charge is 2.31. The quantitative estimate of drug-likeness (QED) is 0.734. The van der Waals surface area contributed by atoms with Crippen molar-refractivity contribution in [2.45, 2.75) is 46.7 Å². The zero-order valence-electron chi connectivity index (χ0n) is 16.3. The topological polar surface area (TPSA) is 70.7 Å². The number of carbonyl (C=O) groups is 2. The van der Waals surface area contributed by atoms with Gasteiger partial charge in [-0.15, -0.1) is 0 Å². The van der Waals surface area contributed by atoms with Crippen LogP contribution in [0.2, 0.25) is 0 Å². The summed E-state index contributed by atoms with van der Waals surface area (Å²) < 4.78 is 5.20. The van der Waals surface area contributed by atoms with E-state index in [4.69, 9.17) is 4.74 Å². The SMILES string of the molecule is CCOC(=O)C1=C(CN(C)Cc2ccc(C)cc2C)NC(=O)N[C@@H]1CC. The molecule has 2 amide bonds. The minimum Gasteiger partial charge on any atom is -0.463 e. The highest BCUT2D eigenvalue weighted by molar-refractivity contribution is 5.94. The number of carbonyl (C=O) groups excluding carboxylic acids is 2. The third-order valence-electron chi connectivity index (χ3n) is 4.51. The van der Waals surface area contributed by atoms with Gasteiger partial charge in [0.25, 0.3) is 0 Å². The predicted octanol–water partition coefficient (Wildman–Crippen LogP) is 2.64. The van der Waals surface area contributed by atoms with Gasteiger partial charge in [0, 0.05) is 18.8 Å². The number of esters is 1. The maximum atomic E-state index is 12.4. The molecule has 0 spiro atoms. The lowest BCUT2D eigenvalue weighted by atomic mass is 9.99. The standard InChI is InChI=1S/C20H29N3O3/c1-6-16-18(19(24)26-7-2)17(22-20(25)21-16)12-23(5)11-15-9-8-13(3)10-14(15)4/h8-10,16H,6-7,11-12H2,1-5H3,(H2,21,22,25)/t16-/m1/s1. The third-order valence-corrected chi connectivity index (χ3v) is 4.51. The summed E-state index contributed by atoms with van der Waals surface area (Å²) >= 11 is 0. The van der Waals surface area contributed by atoms with Crippen LogP contribution in [-0.4, -0.2) is 43.1 Å². The lowest BCUT2D eigenvalue weighted by Gasteiger charge is -2.30. The van der Waals surface area contributed by atoms with Crippen molar-refractivity contribution in [3.8, 4) is 0 Å². The normalized spacial score (nSPS) is 17.2. The Morgan fingerprint density at radius 1 is 1.23 bits per heavy atom. The van der Waals surface area contributed by atoms with Crippen LogP contribution in [-0.2, 0) is 16.1 Å². The van der Waals surface area contributed by atoms with Crippen molar-refractivity contribution >= 4 is 12.0 Å². The number of urea groups is 1. The number of likely N-dealkylation sites (N-methyl/N-ethyl adjacent to an activating group) is 1. The summed E-state index contributed by atoms with van der Waals surface area (Å²) in [6.45, 7) is 9.38. The molecule has 1 aliphatic rings. The van der Waals surface area contributed by atoms with Gasteiger partial charge >= 0.3 is 12.0 Å². The van der Waals surface area contributed by atoms with Gasteiger partial charge in [0.1, 0.15) is 0 Å². The Bertz CT molecular complexity index is 712. The first kappa shape index (κ1) is 20.0. The van der Waals surface area contributed by atoms with Gasteiger partial charge in [-0.25, -0.2) is 9.59 Å². The van der Waals surface area contributed by atoms with E-state index in [0.29, 0.717) is 30.8 Å². The van der Waals surface area contributed by atoms with Crippen LogP contribution in [0.4, 0.5) is 4.79 Å². The molecule has 0 bridgehead atoms. The molecule has 1 aromatic rings. The molecular weight excluding hydrogens is 330 g/mol. The number of hydrogen-bond acceptors (Lipinski definition) is 4. The molecule has 0 saturated heterocycles. The highest BCUT2D eigenvalue weighted by Crippen LogP contribution is 2.19. The number of hydrogen-bond donors (Lipinski definition) is 2. The van der Waals surface area contributed by atoms with Gasteiger partial charge in [0.05, 0.1) is 18.2 Å². The van der Waals surface area contributed by atoms with Gasteiger partial charge in [-0.3, -0.25) is 4.90 Å². The van der Waals surface area contributed by atoms with Gasteiger partial charge in [-0.1, -0.05) is 30.7 Å². The van der Waals surface area contributed by atoms with Crippen molar-refractivity contribution in [1.29, 1.82) is 0 Å². The largest absolute Gasteiger partial charge is 0.463 e. The minimum absolute atomic E-state index is 0.278. The van der Waals surface area contributed by atoms with Crippen molar-refractivity contribution in [2.75, 3.05) is 20.2 Å². The van der Waals surface area contributed by atoms with Crippen LogP contribution in [0.5, 0.6) is 0 Å². The Morgan fingerprint density at radius 3 is 2.58 bits per heavy atom. The number of amides is 2. The molecule has 26 heavy (non-hydrogen) atoms. The Labute approximate surface area is 155 Å². The lowest BCUT2D eigenvalue weighted by molar-refractivity contribution is -0.139. The summed E-state index contributed by atoms with van der Waals surface area (Å²) in [6.07, 6.45) is 0.631. The van der Waals surface area contributed by atoms with Crippen LogP contribution in [0, 0.1) is 13.8 Å². The van der Waals surface area contributed by atoms with E-state index in [1.807, 2.05) is 14.0 Å². The zero-order chi connectivity index (χ0) is 19.3. The molecule has 2 rings (SSSR count). The average molecular weight is 359 g/mol. The summed E-state index contributed by atoms with van der Waals surface area (Å²) in [5.74, 6) is -0.373. The Balaban J connectivity index is 2.23. The molecule has 1 aromatic carbocycles. The smallest absolute Gasteiger partial charge is 0.337 e.